The van der Waals surface area contributed by atoms with Crippen LogP contribution in [0.1, 0.15) is 12.5 Å². The molecule has 2 fully saturated rings. The number of carbonyl (C=O) groups excluding carboxylic acids is 2. The first-order chi connectivity index (χ1) is 14.6. The van der Waals surface area contributed by atoms with Gasteiger partial charge in [-0.15, -0.1) is 0 Å². The molecule has 1 aromatic carbocycles. The first kappa shape index (κ1) is 20.6. The Kier molecular flexibility index (Phi) is 6.19. The van der Waals surface area contributed by atoms with Crippen molar-refractivity contribution in [2.45, 2.75) is 25.7 Å². The number of piperazine rings is 1. The lowest BCUT2D eigenvalue weighted by atomic mass is 10.1. The summed E-state index contributed by atoms with van der Waals surface area (Å²) >= 11 is 0. The Balaban J connectivity index is 1.45. The number of hydrogen-bond acceptors (Lipinski definition) is 7. The van der Waals surface area contributed by atoms with E-state index in [-0.39, 0.29) is 5.91 Å². The standard InChI is InChI=1S/C21H30N6O3/c1-3-30-14-13-27-17-18(24(2)21(29)23-19(17)28)22-20(27)26-11-9-25(10-12-26)15-16-7-5-4-6-8-16/h4-8,17-18H,3,9-15H2,1-2H3,(H,23,28,29). The second-order valence-corrected chi connectivity index (χ2v) is 7.83. The van der Waals surface area contributed by atoms with E-state index in [1.165, 1.54) is 10.5 Å². The molecule has 3 heterocycles. The quantitative estimate of drug-likeness (QED) is 0.679. The van der Waals surface area contributed by atoms with E-state index in [4.69, 9.17) is 9.73 Å². The molecule has 162 valence electrons. The normalized spacial score (nSPS) is 24.7. The molecule has 0 bridgehead atoms. The highest BCUT2D eigenvalue weighted by atomic mass is 16.5. The minimum atomic E-state index is -0.509. The summed E-state index contributed by atoms with van der Waals surface area (Å²) in [6.45, 7) is 8.08. The van der Waals surface area contributed by atoms with Crippen molar-refractivity contribution in [2.24, 2.45) is 4.99 Å². The van der Waals surface area contributed by atoms with Crippen LogP contribution in [0.2, 0.25) is 0 Å². The molecule has 1 aromatic rings. The highest BCUT2D eigenvalue weighted by molar-refractivity contribution is 6.03. The van der Waals surface area contributed by atoms with Gasteiger partial charge in [-0.2, -0.15) is 0 Å². The molecule has 0 aliphatic carbocycles. The minimum Gasteiger partial charge on any atom is -0.380 e. The average molecular weight is 415 g/mol. The molecule has 0 radical (unpaired) electrons. The van der Waals surface area contributed by atoms with Gasteiger partial charge in [0.05, 0.1) is 6.61 Å². The molecule has 1 N–H and O–H groups in total. The fourth-order valence-electron chi connectivity index (χ4n) is 4.27. The van der Waals surface area contributed by atoms with Crippen LogP contribution in [0.5, 0.6) is 0 Å². The first-order valence-corrected chi connectivity index (χ1v) is 10.6. The number of carbonyl (C=O) groups is 2. The van der Waals surface area contributed by atoms with Crippen LogP contribution in [0.3, 0.4) is 0 Å². The molecular weight excluding hydrogens is 384 g/mol. The van der Waals surface area contributed by atoms with Crippen LogP contribution >= 0.6 is 0 Å². The number of likely N-dealkylation sites (N-methyl/N-ethyl adjacent to an activating group) is 1. The van der Waals surface area contributed by atoms with Gasteiger partial charge in [0.1, 0.15) is 0 Å². The van der Waals surface area contributed by atoms with Gasteiger partial charge in [-0.25, -0.2) is 9.79 Å². The van der Waals surface area contributed by atoms with Gasteiger partial charge in [0.25, 0.3) is 5.91 Å². The lowest BCUT2D eigenvalue weighted by Gasteiger charge is -2.40. The van der Waals surface area contributed by atoms with E-state index in [0.717, 1.165) is 38.7 Å². The maximum absolute atomic E-state index is 12.6. The van der Waals surface area contributed by atoms with Gasteiger partial charge < -0.3 is 19.4 Å². The highest BCUT2D eigenvalue weighted by Gasteiger charge is 2.49. The lowest BCUT2D eigenvalue weighted by molar-refractivity contribution is -0.127. The second kappa shape index (κ2) is 9.01. The Morgan fingerprint density at radius 1 is 1.13 bits per heavy atom. The van der Waals surface area contributed by atoms with Crippen molar-refractivity contribution in [3.63, 3.8) is 0 Å². The Morgan fingerprint density at radius 2 is 1.87 bits per heavy atom. The molecule has 9 nitrogen and oxygen atoms in total. The Hall–Kier alpha value is -2.65. The van der Waals surface area contributed by atoms with Gasteiger partial charge in [-0.05, 0) is 12.5 Å². The fourth-order valence-corrected chi connectivity index (χ4v) is 4.27. The second-order valence-electron chi connectivity index (χ2n) is 7.83. The summed E-state index contributed by atoms with van der Waals surface area (Å²) in [4.78, 5) is 37.7. The molecular formula is C21H30N6O3. The van der Waals surface area contributed by atoms with Crippen molar-refractivity contribution in [1.82, 2.24) is 24.9 Å². The number of urea groups is 1. The Morgan fingerprint density at radius 3 is 2.57 bits per heavy atom. The summed E-state index contributed by atoms with van der Waals surface area (Å²) in [5.74, 6) is 0.502. The number of benzene rings is 1. The number of amides is 3. The summed E-state index contributed by atoms with van der Waals surface area (Å²) in [7, 11) is 1.68. The van der Waals surface area contributed by atoms with E-state index >= 15 is 0 Å². The van der Waals surface area contributed by atoms with E-state index in [9.17, 15) is 9.59 Å². The summed E-state index contributed by atoms with van der Waals surface area (Å²) in [5.41, 5.74) is 1.31. The number of imide groups is 1. The van der Waals surface area contributed by atoms with Gasteiger partial charge in [0.15, 0.2) is 18.2 Å². The zero-order chi connectivity index (χ0) is 21.1. The first-order valence-electron chi connectivity index (χ1n) is 10.6. The smallest absolute Gasteiger partial charge is 0.325 e. The van der Waals surface area contributed by atoms with Crippen molar-refractivity contribution in [3.05, 3.63) is 35.9 Å². The molecule has 0 spiro atoms. The summed E-state index contributed by atoms with van der Waals surface area (Å²) < 4.78 is 5.54. The molecule has 2 unspecified atom stereocenters. The maximum Gasteiger partial charge on any atom is 0.325 e. The molecule has 2 atom stereocenters. The Bertz CT molecular complexity index is 793. The van der Waals surface area contributed by atoms with Gasteiger partial charge in [0, 0.05) is 52.9 Å². The van der Waals surface area contributed by atoms with Crippen LogP contribution in [0.15, 0.2) is 35.3 Å². The van der Waals surface area contributed by atoms with E-state index in [1.54, 1.807) is 7.05 Å². The van der Waals surface area contributed by atoms with Crippen molar-refractivity contribution in [3.8, 4) is 0 Å². The minimum absolute atomic E-state index is 0.291. The van der Waals surface area contributed by atoms with Crippen LogP contribution in [0, 0.1) is 0 Å². The highest BCUT2D eigenvalue weighted by Crippen LogP contribution is 2.26. The third kappa shape index (κ3) is 4.13. The molecule has 30 heavy (non-hydrogen) atoms. The average Bonchev–Trinajstić information content (AvgIpc) is 3.14. The van der Waals surface area contributed by atoms with Gasteiger partial charge >= 0.3 is 6.03 Å². The van der Waals surface area contributed by atoms with Gasteiger partial charge in [-0.1, -0.05) is 30.3 Å². The molecule has 0 aromatic heterocycles. The van der Waals surface area contributed by atoms with Crippen LogP contribution in [0.4, 0.5) is 4.79 Å². The van der Waals surface area contributed by atoms with E-state index in [1.807, 2.05) is 17.9 Å². The van der Waals surface area contributed by atoms with Crippen LogP contribution in [0.25, 0.3) is 0 Å². The largest absolute Gasteiger partial charge is 0.380 e. The third-order valence-electron chi connectivity index (χ3n) is 5.92. The van der Waals surface area contributed by atoms with Crippen molar-refractivity contribution in [1.29, 1.82) is 0 Å². The van der Waals surface area contributed by atoms with E-state index < -0.39 is 18.2 Å². The summed E-state index contributed by atoms with van der Waals surface area (Å²) in [6.07, 6.45) is -0.495. The van der Waals surface area contributed by atoms with Crippen LogP contribution < -0.4 is 5.32 Å². The molecule has 3 amide bonds. The number of nitrogens with zero attached hydrogens (tertiary/aromatic N) is 5. The lowest BCUT2D eigenvalue weighted by Crippen LogP contribution is -2.65. The van der Waals surface area contributed by atoms with Gasteiger partial charge in [0.2, 0.25) is 0 Å². The number of hydrogen-bond donors (Lipinski definition) is 1. The number of nitrogens with one attached hydrogen (secondary N) is 1. The molecule has 3 aliphatic rings. The molecule has 3 aliphatic heterocycles. The van der Waals surface area contributed by atoms with Crippen LogP contribution in [-0.2, 0) is 16.1 Å². The topological polar surface area (TPSA) is 80.7 Å². The SMILES string of the molecule is CCOCCN1C(N2CCN(Cc3ccccc3)CC2)=NC2C1C(=O)NC(=O)N2C. The van der Waals surface area contributed by atoms with Crippen molar-refractivity contribution < 1.29 is 14.3 Å². The molecule has 0 saturated carbocycles. The number of ether oxygens (including phenoxy) is 1. The summed E-state index contributed by atoms with van der Waals surface area (Å²) in [5, 5.41) is 2.44. The van der Waals surface area contributed by atoms with E-state index in [0.29, 0.717) is 19.8 Å². The predicted octanol–water partition coefficient (Wildman–Crippen LogP) is 0.389. The predicted molar refractivity (Wildman–Crippen MR) is 113 cm³/mol. The Labute approximate surface area is 177 Å². The monoisotopic (exact) mass is 414 g/mol. The zero-order valence-corrected chi connectivity index (χ0v) is 17.7. The maximum atomic E-state index is 12.6. The van der Waals surface area contributed by atoms with Gasteiger partial charge in [-0.3, -0.25) is 15.0 Å². The zero-order valence-electron chi connectivity index (χ0n) is 17.7. The number of guanidine groups is 1. The van der Waals surface area contributed by atoms with Crippen molar-refractivity contribution in [2.75, 3.05) is 53.0 Å². The number of fused-ring (bicyclic) bond motifs is 1. The number of rotatable bonds is 6. The fraction of sp³-hybridized carbons (Fsp3) is 0.571. The molecule has 9 heteroatoms. The molecule has 2 saturated heterocycles. The van der Waals surface area contributed by atoms with Crippen LogP contribution in [-0.4, -0.2) is 103 Å². The molecule has 4 rings (SSSR count). The van der Waals surface area contributed by atoms with E-state index in [2.05, 4.69) is 39.4 Å². The third-order valence-corrected chi connectivity index (χ3v) is 5.92. The van der Waals surface area contributed by atoms with Crippen molar-refractivity contribution >= 4 is 17.9 Å². The summed E-state index contributed by atoms with van der Waals surface area (Å²) in [6, 6.07) is 9.57. The number of aliphatic imine (C=N–C) groups is 1.